The minimum absolute atomic E-state index is 0.473. The highest BCUT2D eigenvalue weighted by molar-refractivity contribution is 5.80. The van der Waals surface area contributed by atoms with Crippen molar-refractivity contribution in [3.63, 3.8) is 0 Å². The van der Waals surface area contributed by atoms with Gasteiger partial charge >= 0.3 is 0 Å². The van der Waals surface area contributed by atoms with Gasteiger partial charge in [0.05, 0.1) is 0 Å². The molecule has 0 bridgehead atoms. The van der Waals surface area contributed by atoms with Crippen LogP contribution < -0.4 is 14.7 Å². The van der Waals surface area contributed by atoms with Gasteiger partial charge in [-0.05, 0) is 138 Å². The van der Waals surface area contributed by atoms with E-state index in [0.29, 0.717) is 6.04 Å². The summed E-state index contributed by atoms with van der Waals surface area (Å²) in [6.07, 6.45) is 6.30. The molecule has 3 nitrogen and oxygen atoms in total. The molecule has 0 N–H and O–H groups in total. The molecule has 0 aromatic heterocycles. The molecule has 3 heteroatoms. The number of aryl methyl sites for hydroxylation is 4. The molecule has 0 spiro atoms. The number of nitrogens with zero attached hydrogens (tertiary/aromatic N) is 3. The molecule has 0 aliphatic heterocycles. The SMILES string of the molecule is Cc1ccc(N(c2ccc(C)cc2)c2ccc(N(c3ccc(N(c4ccc(C)cc4)c4ccc(C)cc4)cc3)C3CCCCC3)cc2)cc1. The second-order valence-corrected chi connectivity index (χ2v) is 13.7. The zero-order valence-electron chi connectivity index (χ0n) is 29.3. The van der Waals surface area contributed by atoms with Crippen molar-refractivity contribution >= 4 is 45.5 Å². The number of benzene rings is 6. The van der Waals surface area contributed by atoms with Crippen LogP contribution in [-0.4, -0.2) is 6.04 Å². The van der Waals surface area contributed by atoms with E-state index in [1.54, 1.807) is 0 Å². The second kappa shape index (κ2) is 14.5. The van der Waals surface area contributed by atoms with Gasteiger partial charge in [-0.2, -0.15) is 0 Å². The summed E-state index contributed by atoms with van der Waals surface area (Å²) in [4.78, 5) is 7.30. The summed E-state index contributed by atoms with van der Waals surface area (Å²) in [6, 6.07) is 54.2. The van der Waals surface area contributed by atoms with Crippen LogP contribution >= 0.6 is 0 Å². The van der Waals surface area contributed by atoms with E-state index in [-0.39, 0.29) is 0 Å². The fraction of sp³-hybridized carbons (Fsp3) is 0.217. The molecule has 7 rings (SSSR count). The van der Waals surface area contributed by atoms with Crippen LogP contribution in [0.2, 0.25) is 0 Å². The highest BCUT2D eigenvalue weighted by Gasteiger charge is 2.24. The smallest absolute Gasteiger partial charge is 0.0463 e. The lowest BCUT2D eigenvalue weighted by Gasteiger charge is -2.37. The molecular weight excluding hydrogens is 595 g/mol. The van der Waals surface area contributed by atoms with Gasteiger partial charge in [0.25, 0.3) is 0 Å². The van der Waals surface area contributed by atoms with Crippen molar-refractivity contribution < 1.29 is 0 Å². The third-order valence-electron chi connectivity index (χ3n) is 9.88. The number of anilines is 8. The van der Waals surface area contributed by atoms with Crippen molar-refractivity contribution in [2.75, 3.05) is 14.7 Å². The Balaban J connectivity index is 1.24. The average molecular weight is 642 g/mol. The zero-order chi connectivity index (χ0) is 33.7. The third-order valence-corrected chi connectivity index (χ3v) is 9.88. The summed E-state index contributed by atoms with van der Waals surface area (Å²) in [5.74, 6) is 0. The van der Waals surface area contributed by atoms with Crippen LogP contribution in [0.4, 0.5) is 45.5 Å². The molecule has 49 heavy (non-hydrogen) atoms. The lowest BCUT2D eigenvalue weighted by atomic mass is 9.93. The number of rotatable bonds is 9. The van der Waals surface area contributed by atoms with E-state index in [0.717, 1.165) is 34.1 Å². The Morgan fingerprint density at radius 1 is 0.306 bits per heavy atom. The molecule has 0 radical (unpaired) electrons. The molecule has 246 valence electrons. The molecule has 0 atom stereocenters. The van der Waals surface area contributed by atoms with Crippen molar-refractivity contribution in [1.82, 2.24) is 0 Å². The standard InChI is InChI=1S/C46H47N3/c1-34-10-18-39(19-11-34)48(40-20-12-35(2)13-21-40)45-30-26-43(27-31-45)47(38-8-6-5-7-9-38)44-28-32-46(33-29-44)49(41-22-14-36(3)15-23-41)42-24-16-37(4)17-25-42/h10-33,38H,5-9H2,1-4H3. The van der Waals surface area contributed by atoms with E-state index in [1.807, 2.05) is 0 Å². The molecule has 1 saturated carbocycles. The third kappa shape index (κ3) is 7.27. The molecule has 0 saturated heterocycles. The predicted octanol–water partition coefficient (Wildman–Crippen LogP) is 13.3. The summed E-state index contributed by atoms with van der Waals surface area (Å²) in [5.41, 5.74) is 14.5. The molecule has 0 amide bonds. The molecule has 6 aromatic rings. The first-order chi connectivity index (χ1) is 23.9. The topological polar surface area (TPSA) is 9.72 Å². The van der Waals surface area contributed by atoms with Crippen LogP contribution in [0.25, 0.3) is 0 Å². The van der Waals surface area contributed by atoms with E-state index < -0.39 is 0 Å². The maximum absolute atomic E-state index is 2.59. The highest BCUT2D eigenvalue weighted by Crippen LogP contribution is 2.41. The summed E-state index contributed by atoms with van der Waals surface area (Å²) >= 11 is 0. The lowest BCUT2D eigenvalue weighted by Crippen LogP contribution is -2.33. The average Bonchev–Trinajstić information content (AvgIpc) is 3.13. The van der Waals surface area contributed by atoms with Crippen molar-refractivity contribution in [1.29, 1.82) is 0 Å². The molecule has 1 aliphatic rings. The molecule has 6 aromatic carbocycles. The van der Waals surface area contributed by atoms with Crippen LogP contribution in [-0.2, 0) is 0 Å². The van der Waals surface area contributed by atoms with E-state index in [2.05, 4.69) is 188 Å². The van der Waals surface area contributed by atoms with Crippen LogP contribution in [0.15, 0.2) is 146 Å². The first-order valence-corrected chi connectivity index (χ1v) is 17.8. The van der Waals surface area contributed by atoms with Crippen molar-refractivity contribution in [2.45, 2.75) is 65.8 Å². The van der Waals surface area contributed by atoms with Crippen molar-refractivity contribution in [3.8, 4) is 0 Å². The number of hydrogen-bond donors (Lipinski definition) is 0. The molecular formula is C46H47N3. The molecule has 0 unspecified atom stereocenters. The van der Waals surface area contributed by atoms with E-state index in [9.17, 15) is 0 Å². The molecule has 1 aliphatic carbocycles. The first kappa shape index (κ1) is 32.3. The molecule has 0 heterocycles. The van der Waals surface area contributed by atoms with Gasteiger partial charge in [0.15, 0.2) is 0 Å². The fourth-order valence-electron chi connectivity index (χ4n) is 7.10. The fourth-order valence-corrected chi connectivity index (χ4v) is 7.10. The monoisotopic (exact) mass is 641 g/mol. The van der Waals surface area contributed by atoms with Crippen LogP contribution in [0.3, 0.4) is 0 Å². The summed E-state index contributed by atoms with van der Waals surface area (Å²) in [5, 5.41) is 0. The Morgan fingerprint density at radius 3 is 0.796 bits per heavy atom. The van der Waals surface area contributed by atoms with Gasteiger partial charge in [0.2, 0.25) is 0 Å². The molecule has 1 fully saturated rings. The summed E-state index contributed by atoms with van der Waals surface area (Å²) in [7, 11) is 0. The van der Waals surface area contributed by atoms with Gasteiger partial charge in [-0.1, -0.05) is 90.0 Å². The largest absolute Gasteiger partial charge is 0.338 e. The van der Waals surface area contributed by atoms with E-state index in [1.165, 1.54) is 65.7 Å². The zero-order valence-corrected chi connectivity index (χ0v) is 29.3. The summed E-state index contributed by atoms with van der Waals surface area (Å²) < 4.78 is 0. The van der Waals surface area contributed by atoms with Gasteiger partial charge in [-0.25, -0.2) is 0 Å². The van der Waals surface area contributed by atoms with E-state index >= 15 is 0 Å². The van der Waals surface area contributed by atoms with Crippen molar-refractivity contribution in [2.24, 2.45) is 0 Å². The normalized spacial score (nSPS) is 13.2. The van der Waals surface area contributed by atoms with Gasteiger partial charge in [0, 0.05) is 51.5 Å². The maximum atomic E-state index is 2.59. The van der Waals surface area contributed by atoms with Crippen LogP contribution in [0.1, 0.15) is 54.4 Å². The van der Waals surface area contributed by atoms with Gasteiger partial charge < -0.3 is 14.7 Å². The van der Waals surface area contributed by atoms with E-state index in [4.69, 9.17) is 0 Å². The Morgan fingerprint density at radius 2 is 0.531 bits per heavy atom. The minimum atomic E-state index is 0.473. The van der Waals surface area contributed by atoms with Crippen LogP contribution in [0.5, 0.6) is 0 Å². The van der Waals surface area contributed by atoms with Gasteiger partial charge in [-0.3, -0.25) is 0 Å². The van der Waals surface area contributed by atoms with Crippen LogP contribution in [0, 0.1) is 27.7 Å². The minimum Gasteiger partial charge on any atom is -0.338 e. The van der Waals surface area contributed by atoms with Gasteiger partial charge in [-0.15, -0.1) is 0 Å². The van der Waals surface area contributed by atoms with Crippen molar-refractivity contribution in [3.05, 3.63) is 168 Å². The quantitative estimate of drug-likeness (QED) is 0.156. The van der Waals surface area contributed by atoms with Gasteiger partial charge in [0.1, 0.15) is 0 Å². The second-order valence-electron chi connectivity index (χ2n) is 13.7. The summed E-state index contributed by atoms with van der Waals surface area (Å²) in [6.45, 7) is 8.57. The predicted molar refractivity (Wildman–Crippen MR) is 210 cm³/mol. The number of hydrogen-bond acceptors (Lipinski definition) is 3. The Bertz CT molecular complexity index is 1710. The Kier molecular flexibility index (Phi) is 9.52. The Hall–Kier alpha value is -5.28. The lowest BCUT2D eigenvalue weighted by molar-refractivity contribution is 0.436. The first-order valence-electron chi connectivity index (χ1n) is 17.8. The Labute approximate surface area is 293 Å². The highest BCUT2D eigenvalue weighted by atomic mass is 15.2. The maximum Gasteiger partial charge on any atom is 0.0463 e.